The Bertz CT molecular complexity index is 1740. The number of nitrogens with two attached hydrogens (primary N) is 1. The Kier molecular flexibility index (Phi) is 27.1. The third-order valence-electron chi connectivity index (χ3n) is 10.1. The number of nitrogens with one attached hydrogen (secondary N) is 8. The molecule has 0 aliphatic carbocycles. The molecule has 0 radical (unpaired) electrons. The standard InChI is InChI=1S/C44H77N9O14/c1-20(2)13-26(47-32(54)19-46-37(59)29(17-33(55)56)48-39(61)27(14-21(3)4)50-42(64)35(45)24(9)10)38(60)49-30(18-34(57)58)41(63)53-36(25(11)12)43(65)51-28(15-22(5)6)40(62)52-31(44(66)67)16-23(7)8/h20-31,35-36H,13-19,45H2,1-12H3,(H,46,59)(H,47,54)(H,48,61)(H,49,60)(H,50,64)(H,51,65)(H,52,62)(H,53,63)(H,55,56)(H,57,58)(H,66,67)/t26-,27-,28-,29-,30-,31-,35-,36-/m0/s1. The highest BCUT2D eigenvalue weighted by atomic mass is 16.4. The highest BCUT2D eigenvalue weighted by molar-refractivity contribution is 5.98. The summed E-state index contributed by atoms with van der Waals surface area (Å²) < 4.78 is 0. The number of carbonyl (C=O) groups excluding carboxylic acids is 8. The molecule has 382 valence electrons. The molecule has 23 nitrogen and oxygen atoms in total. The molecule has 0 bridgehead atoms. The van der Waals surface area contributed by atoms with Gasteiger partial charge in [0.15, 0.2) is 0 Å². The lowest BCUT2D eigenvalue weighted by molar-refractivity contribution is -0.143. The van der Waals surface area contributed by atoms with Crippen LogP contribution in [0.5, 0.6) is 0 Å². The van der Waals surface area contributed by atoms with Gasteiger partial charge in [-0.15, -0.1) is 0 Å². The fraction of sp³-hybridized carbons (Fsp3) is 0.750. The number of carboxylic acids is 3. The summed E-state index contributed by atoms with van der Waals surface area (Å²) in [5.74, 6) is -13.0. The second-order valence-corrected chi connectivity index (χ2v) is 19.2. The first-order chi connectivity index (χ1) is 30.9. The van der Waals surface area contributed by atoms with Crippen LogP contribution in [0.3, 0.4) is 0 Å². The van der Waals surface area contributed by atoms with E-state index in [2.05, 4.69) is 42.5 Å². The average molecular weight is 956 g/mol. The van der Waals surface area contributed by atoms with Crippen molar-refractivity contribution in [2.45, 2.75) is 170 Å². The van der Waals surface area contributed by atoms with Gasteiger partial charge in [-0.2, -0.15) is 0 Å². The molecule has 0 aromatic carbocycles. The van der Waals surface area contributed by atoms with Gasteiger partial charge in [-0.1, -0.05) is 83.1 Å². The van der Waals surface area contributed by atoms with Crippen LogP contribution in [0.2, 0.25) is 0 Å². The Morgan fingerprint density at radius 2 is 0.716 bits per heavy atom. The highest BCUT2D eigenvalue weighted by Gasteiger charge is 2.36. The van der Waals surface area contributed by atoms with Gasteiger partial charge < -0.3 is 63.6 Å². The minimum absolute atomic E-state index is 0.0513. The molecule has 23 heteroatoms. The molecule has 0 saturated carbocycles. The summed E-state index contributed by atoms with van der Waals surface area (Å²) >= 11 is 0. The van der Waals surface area contributed by atoms with Gasteiger partial charge in [0, 0.05) is 0 Å². The van der Waals surface area contributed by atoms with E-state index in [1.165, 1.54) is 0 Å². The van der Waals surface area contributed by atoms with Crippen molar-refractivity contribution in [3.05, 3.63) is 0 Å². The Balaban J connectivity index is 6.20. The molecule has 0 rings (SSSR count). The molecule has 0 spiro atoms. The summed E-state index contributed by atoms with van der Waals surface area (Å²) in [5, 5.41) is 48.2. The minimum atomic E-state index is -1.79. The number of hydrogen-bond donors (Lipinski definition) is 12. The van der Waals surface area contributed by atoms with E-state index in [1.54, 1.807) is 83.1 Å². The smallest absolute Gasteiger partial charge is 0.326 e. The molecule has 0 aliphatic rings. The third-order valence-corrected chi connectivity index (χ3v) is 10.1. The van der Waals surface area contributed by atoms with Crippen LogP contribution in [0.4, 0.5) is 0 Å². The first-order valence-electron chi connectivity index (χ1n) is 22.7. The van der Waals surface area contributed by atoms with Crippen LogP contribution in [0, 0.1) is 35.5 Å². The van der Waals surface area contributed by atoms with Crippen molar-refractivity contribution >= 4 is 65.2 Å². The molecule has 0 aliphatic heterocycles. The van der Waals surface area contributed by atoms with E-state index in [4.69, 9.17) is 5.73 Å². The van der Waals surface area contributed by atoms with E-state index in [9.17, 15) is 68.1 Å². The zero-order chi connectivity index (χ0) is 52.0. The van der Waals surface area contributed by atoms with Gasteiger partial charge in [0.25, 0.3) is 0 Å². The quantitative estimate of drug-likeness (QED) is 0.0411. The molecule has 0 heterocycles. The number of aliphatic carboxylic acids is 3. The van der Waals surface area contributed by atoms with Crippen LogP contribution < -0.4 is 48.3 Å². The van der Waals surface area contributed by atoms with Gasteiger partial charge in [0.2, 0.25) is 47.3 Å². The SMILES string of the molecule is CC(C)C[C@H](NC(=O)[C@H](CC(C)C)NC(=O)[C@@H](NC(=O)[C@H](CC(=O)O)NC(=O)[C@H](CC(C)C)NC(=O)CNC(=O)[C@H](CC(=O)O)NC(=O)[C@H](CC(C)C)NC(=O)[C@@H](N)C(C)C)C(C)C)C(=O)O. The highest BCUT2D eigenvalue weighted by Crippen LogP contribution is 2.13. The molecule has 8 amide bonds. The molecule has 0 saturated heterocycles. The van der Waals surface area contributed by atoms with E-state index in [-0.39, 0.29) is 55.3 Å². The molecule has 0 aromatic heterocycles. The molecule has 0 fully saturated rings. The van der Waals surface area contributed by atoms with Gasteiger partial charge in [0.05, 0.1) is 25.4 Å². The maximum Gasteiger partial charge on any atom is 0.326 e. The van der Waals surface area contributed by atoms with E-state index in [0.29, 0.717) is 0 Å². The lowest BCUT2D eigenvalue weighted by Gasteiger charge is -2.29. The average Bonchev–Trinajstić information content (AvgIpc) is 3.18. The van der Waals surface area contributed by atoms with Crippen LogP contribution in [0.15, 0.2) is 0 Å². The Morgan fingerprint density at radius 1 is 0.388 bits per heavy atom. The topological polar surface area (TPSA) is 371 Å². The number of rotatable bonds is 31. The summed E-state index contributed by atoms with van der Waals surface area (Å²) in [7, 11) is 0. The largest absolute Gasteiger partial charge is 0.481 e. The van der Waals surface area contributed by atoms with Crippen LogP contribution in [-0.4, -0.2) is 135 Å². The Hall–Kier alpha value is -5.87. The first-order valence-corrected chi connectivity index (χ1v) is 22.7. The second kappa shape index (κ2) is 29.7. The van der Waals surface area contributed by atoms with Gasteiger partial charge in [-0.05, 0) is 61.2 Å². The maximum absolute atomic E-state index is 13.7. The molecule has 8 atom stereocenters. The number of carboxylic acid groups (broad SMARTS) is 3. The number of hydrogen-bond acceptors (Lipinski definition) is 12. The van der Waals surface area contributed by atoms with Crippen LogP contribution >= 0.6 is 0 Å². The van der Waals surface area contributed by atoms with Crippen molar-refractivity contribution in [3.63, 3.8) is 0 Å². The Morgan fingerprint density at radius 3 is 1.07 bits per heavy atom. The summed E-state index contributed by atoms with van der Waals surface area (Å²) in [4.78, 5) is 142. The maximum atomic E-state index is 13.7. The molecule has 67 heavy (non-hydrogen) atoms. The fourth-order valence-electron chi connectivity index (χ4n) is 6.54. The van der Waals surface area contributed by atoms with Gasteiger partial charge in [-0.3, -0.25) is 47.9 Å². The predicted molar refractivity (Wildman–Crippen MR) is 244 cm³/mol. The molecule has 0 unspecified atom stereocenters. The van der Waals surface area contributed by atoms with E-state index < -0.39 is 139 Å². The lowest BCUT2D eigenvalue weighted by atomic mass is 9.98. The molecule has 13 N–H and O–H groups in total. The molecule has 0 aromatic rings. The van der Waals surface area contributed by atoms with Gasteiger partial charge >= 0.3 is 17.9 Å². The van der Waals surface area contributed by atoms with Crippen molar-refractivity contribution in [2.75, 3.05) is 6.54 Å². The lowest BCUT2D eigenvalue weighted by Crippen LogP contribution is -2.60. The summed E-state index contributed by atoms with van der Waals surface area (Å²) in [6.45, 7) is 19.8. The zero-order valence-electron chi connectivity index (χ0n) is 40.9. The first kappa shape index (κ1) is 61.1. The third kappa shape index (κ3) is 24.5. The van der Waals surface area contributed by atoms with Crippen molar-refractivity contribution in [1.29, 1.82) is 0 Å². The fourth-order valence-corrected chi connectivity index (χ4v) is 6.54. The van der Waals surface area contributed by atoms with Crippen LogP contribution in [-0.2, 0) is 52.7 Å². The van der Waals surface area contributed by atoms with Crippen molar-refractivity contribution in [1.82, 2.24) is 42.5 Å². The van der Waals surface area contributed by atoms with Crippen LogP contribution in [0.1, 0.15) is 122 Å². The molecular weight excluding hydrogens is 879 g/mol. The Labute approximate surface area is 392 Å². The summed E-state index contributed by atoms with van der Waals surface area (Å²) in [5.41, 5.74) is 5.93. The summed E-state index contributed by atoms with van der Waals surface area (Å²) in [6.07, 6.45) is -1.58. The van der Waals surface area contributed by atoms with E-state index >= 15 is 0 Å². The van der Waals surface area contributed by atoms with Crippen molar-refractivity contribution in [3.8, 4) is 0 Å². The van der Waals surface area contributed by atoms with Crippen LogP contribution in [0.25, 0.3) is 0 Å². The summed E-state index contributed by atoms with van der Waals surface area (Å²) in [6, 6.07) is -10.9. The molecular formula is C44H77N9O14. The second-order valence-electron chi connectivity index (χ2n) is 19.2. The van der Waals surface area contributed by atoms with Gasteiger partial charge in [0.1, 0.15) is 42.3 Å². The predicted octanol–water partition coefficient (Wildman–Crippen LogP) is -0.646. The minimum Gasteiger partial charge on any atom is -0.481 e. The van der Waals surface area contributed by atoms with Crippen molar-refractivity contribution < 1.29 is 68.1 Å². The van der Waals surface area contributed by atoms with E-state index in [1.807, 2.05) is 0 Å². The van der Waals surface area contributed by atoms with E-state index in [0.717, 1.165) is 0 Å². The number of amides is 8. The normalized spacial score (nSPS) is 15.0. The van der Waals surface area contributed by atoms with Gasteiger partial charge in [-0.25, -0.2) is 4.79 Å². The van der Waals surface area contributed by atoms with Crippen molar-refractivity contribution in [2.24, 2.45) is 41.2 Å². The number of carbonyl (C=O) groups is 11. The monoisotopic (exact) mass is 956 g/mol. The zero-order valence-corrected chi connectivity index (χ0v) is 40.9.